The Balaban J connectivity index is 2.79. The van der Waals surface area contributed by atoms with Gasteiger partial charge in [0.1, 0.15) is 4.99 Å². The average Bonchev–Trinajstić information content (AvgIpc) is 2.40. The van der Waals surface area contributed by atoms with Crippen molar-refractivity contribution in [2.75, 3.05) is 25.6 Å². The van der Waals surface area contributed by atoms with E-state index < -0.39 is 5.82 Å². The van der Waals surface area contributed by atoms with Gasteiger partial charge in [0.2, 0.25) is 0 Å². The van der Waals surface area contributed by atoms with Gasteiger partial charge in [-0.15, -0.1) is 0 Å². The van der Waals surface area contributed by atoms with Crippen molar-refractivity contribution in [3.05, 3.63) is 28.0 Å². The highest BCUT2D eigenvalue weighted by molar-refractivity contribution is 9.10. The van der Waals surface area contributed by atoms with Crippen LogP contribution in [0.5, 0.6) is 0 Å². The molecule has 0 amide bonds. The third-order valence-corrected chi connectivity index (χ3v) is 3.84. The molecule has 4 nitrogen and oxygen atoms in total. The summed E-state index contributed by atoms with van der Waals surface area (Å²) < 4.78 is 19.0. The third-order valence-electron chi connectivity index (χ3n) is 2.84. The predicted molar refractivity (Wildman–Crippen MR) is 84.5 cm³/mol. The van der Waals surface area contributed by atoms with E-state index in [1.165, 1.54) is 7.11 Å². The molecule has 110 valence electrons. The summed E-state index contributed by atoms with van der Waals surface area (Å²) >= 11 is 8.01. The van der Waals surface area contributed by atoms with Crippen molar-refractivity contribution in [1.82, 2.24) is 0 Å². The Morgan fingerprint density at radius 1 is 1.55 bits per heavy atom. The Morgan fingerprint density at radius 3 is 2.75 bits per heavy atom. The highest BCUT2D eigenvalue weighted by Crippen LogP contribution is 2.29. The molecule has 0 saturated heterocycles. The zero-order chi connectivity index (χ0) is 15.3. The van der Waals surface area contributed by atoms with Crippen molar-refractivity contribution in [3.63, 3.8) is 0 Å². The van der Waals surface area contributed by atoms with Crippen LogP contribution < -0.4 is 10.6 Å². The summed E-state index contributed by atoms with van der Waals surface area (Å²) in [4.78, 5) is 12.9. The minimum Gasteiger partial charge on any atom is -0.469 e. The molecule has 0 aromatic heterocycles. The maximum absolute atomic E-state index is 14.2. The molecule has 0 aliphatic carbocycles. The second-order valence-corrected chi connectivity index (χ2v) is 5.46. The van der Waals surface area contributed by atoms with Crippen molar-refractivity contribution >= 4 is 44.8 Å². The van der Waals surface area contributed by atoms with E-state index in [1.807, 2.05) is 0 Å². The molecule has 1 aromatic rings. The molecule has 1 rings (SSSR count). The number of nitrogens with two attached hydrogens (primary N) is 1. The van der Waals surface area contributed by atoms with Gasteiger partial charge < -0.3 is 15.4 Å². The first kappa shape index (κ1) is 16.8. The van der Waals surface area contributed by atoms with Crippen LogP contribution in [0.4, 0.5) is 10.1 Å². The second kappa shape index (κ2) is 7.54. The number of ether oxygens (including phenoxy) is 1. The highest BCUT2D eigenvalue weighted by atomic mass is 79.9. The molecule has 0 aliphatic heterocycles. The molecule has 2 N–H and O–H groups in total. The monoisotopic (exact) mass is 362 g/mol. The van der Waals surface area contributed by atoms with Crippen LogP contribution in [0.3, 0.4) is 0 Å². The van der Waals surface area contributed by atoms with E-state index in [0.717, 1.165) is 0 Å². The summed E-state index contributed by atoms with van der Waals surface area (Å²) in [6.45, 7) is 0.533. The lowest BCUT2D eigenvalue weighted by atomic mass is 10.1. The smallest absolute Gasteiger partial charge is 0.305 e. The summed E-state index contributed by atoms with van der Waals surface area (Å²) in [6, 6.07) is 3.29. The van der Waals surface area contributed by atoms with Crippen molar-refractivity contribution in [2.24, 2.45) is 5.73 Å². The molecule has 0 aliphatic rings. The minimum absolute atomic E-state index is 0.135. The van der Waals surface area contributed by atoms with Crippen molar-refractivity contribution < 1.29 is 13.9 Å². The van der Waals surface area contributed by atoms with E-state index >= 15 is 0 Å². The van der Waals surface area contributed by atoms with E-state index in [0.29, 0.717) is 30.6 Å². The van der Waals surface area contributed by atoms with E-state index in [-0.39, 0.29) is 15.4 Å². The Kier molecular flexibility index (Phi) is 6.35. The predicted octanol–water partition coefficient (Wildman–Crippen LogP) is 2.61. The maximum Gasteiger partial charge on any atom is 0.305 e. The fourth-order valence-corrected chi connectivity index (χ4v) is 2.56. The van der Waals surface area contributed by atoms with Gasteiger partial charge in [-0.25, -0.2) is 4.39 Å². The summed E-state index contributed by atoms with van der Waals surface area (Å²) in [5.41, 5.74) is 6.39. The van der Waals surface area contributed by atoms with Crippen LogP contribution in [0, 0.1) is 5.82 Å². The molecule has 0 spiro atoms. The first-order valence-corrected chi connectivity index (χ1v) is 7.14. The van der Waals surface area contributed by atoms with E-state index in [4.69, 9.17) is 18.0 Å². The number of nitrogens with zero attached hydrogens (tertiary/aromatic N) is 1. The number of carbonyl (C=O) groups excluding carboxylic acids is 1. The van der Waals surface area contributed by atoms with Crippen LogP contribution in [0.15, 0.2) is 16.6 Å². The first-order valence-electron chi connectivity index (χ1n) is 5.94. The summed E-state index contributed by atoms with van der Waals surface area (Å²) in [7, 11) is 3.10. The Bertz CT molecular complexity index is 525. The van der Waals surface area contributed by atoms with E-state index in [9.17, 15) is 9.18 Å². The zero-order valence-corrected chi connectivity index (χ0v) is 13.7. The quantitative estimate of drug-likeness (QED) is 0.622. The van der Waals surface area contributed by atoms with E-state index in [1.54, 1.807) is 24.1 Å². The van der Waals surface area contributed by atoms with E-state index in [2.05, 4.69) is 20.7 Å². The van der Waals surface area contributed by atoms with Crippen LogP contribution in [-0.2, 0) is 9.53 Å². The van der Waals surface area contributed by atoms with Gasteiger partial charge in [-0.05, 0) is 34.5 Å². The molecule has 1 aromatic carbocycles. The largest absolute Gasteiger partial charge is 0.469 e. The molecule has 20 heavy (non-hydrogen) atoms. The van der Waals surface area contributed by atoms with Gasteiger partial charge in [-0.2, -0.15) is 0 Å². The molecule has 7 heteroatoms. The molecule has 0 atom stereocenters. The lowest BCUT2D eigenvalue weighted by Crippen LogP contribution is -2.21. The Hall–Kier alpha value is -1.21. The van der Waals surface area contributed by atoms with Gasteiger partial charge in [0.15, 0.2) is 5.82 Å². The molecule has 0 radical (unpaired) electrons. The number of rotatable bonds is 6. The molecule has 0 heterocycles. The maximum atomic E-state index is 14.2. The summed E-state index contributed by atoms with van der Waals surface area (Å²) in [6.07, 6.45) is 0.881. The number of methoxy groups -OCH3 is 1. The molecule has 0 bridgehead atoms. The average molecular weight is 363 g/mol. The fourth-order valence-electron chi connectivity index (χ4n) is 1.71. The van der Waals surface area contributed by atoms with Gasteiger partial charge in [0, 0.05) is 25.6 Å². The number of thiocarbonyl (C=S) groups is 1. The van der Waals surface area contributed by atoms with Crippen LogP contribution in [0.1, 0.15) is 18.4 Å². The second-order valence-electron chi connectivity index (χ2n) is 4.23. The van der Waals surface area contributed by atoms with Crippen LogP contribution >= 0.6 is 28.1 Å². The summed E-state index contributed by atoms with van der Waals surface area (Å²) in [5.74, 6) is -0.695. The molecule has 0 saturated carbocycles. The standard InChI is InChI=1S/C13H16BrFN2O2S/c1-17(7-3-4-10(18)19-2)9-6-5-8(13(16)20)11(14)12(9)15/h5-6H,3-4,7H2,1-2H3,(H2,16,20). The molecular formula is C13H16BrFN2O2S. The van der Waals surface area contributed by atoms with Gasteiger partial charge in [0.05, 0.1) is 17.3 Å². The SMILES string of the molecule is COC(=O)CCCN(C)c1ccc(C(N)=S)c(Br)c1F. The highest BCUT2D eigenvalue weighted by Gasteiger charge is 2.15. The van der Waals surface area contributed by atoms with Crippen LogP contribution in [-0.4, -0.2) is 31.7 Å². The Morgan fingerprint density at radius 2 is 2.20 bits per heavy atom. The van der Waals surface area contributed by atoms with Gasteiger partial charge in [0.25, 0.3) is 0 Å². The molecular weight excluding hydrogens is 347 g/mol. The van der Waals surface area contributed by atoms with Crippen LogP contribution in [0.25, 0.3) is 0 Å². The molecule has 0 fully saturated rings. The van der Waals surface area contributed by atoms with Gasteiger partial charge in [-0.3, -0.25) is 4.79 Å². The first-order chi connectivity index (χ1) is 9.38. The Labute approximate surface area is 131 Å². The lowest BCUT2D eigenvalue weighted by Gasteiger charge is -2.21. The normalized spacial score (nSPS) is 10.2. The van der Waals surface area contributed by atoms with Crippen molar-refractivity contribution in [1.29, 1.82) is 0 Å². The van der Waals surface area contributed by atoms with Crippen LogP contribution in [0.2, 0.25) is 0 Å². The van der Waals surface area contributed by atoms with Crippen molar-refractivity contribution in [3.8, 4) is 0 Å². The van der Waals surface area contributed by atoms with Gasteiger partial charge in [-0.1, -0.05) is 12.2 Å². The zero-order valence-electron chi connectivity index (χ0n) is 11.3. The van der Waals surface area contributed by atoms with Crippen molar-refractivity contribution in [2.45, 2.75) is 12.8 Å². The number of carbonyl (C=O) groups is 1. The summed E-state index contributed by atoms with van der Waals surface area (Å²) in [5, 5.41) is 0. The fraction of sp³-hybridized carbons (Fsp3) is 0.385. The van der Waals surface area contributed by atoms with Gasteiger partial charge >= 0.3 is 5.97 Å². The number of benzene rings is 1. The molecule has 0 unspecified atom stereocenters. The third kappa shape index (κ3) is 4.14. The minimum atomic E-state index is -0.420. The number of hydrogen-bond donors (Lipinski definition) is 1. The number of hydrogen-bond acceptors (Lipinski definition) is 4. The number of halogens is 2. The topological polar surface area (TPSA) is 55.6 Å². The lowest BCUT2D eigenvalue weighted by molar-refractivity contribution is -0.140. The number of esters is 1. The number of anilines is 1.